The Balaban J connectivity index is 2.79. The van der Waals surface area contributed by atoms with Crippen LogP contribution in [0.1, 0.15) is 12.5 Å². The molecule has 0 fully saturated rings. The van der Waals surface area contributed by atoms with Crippen LogP contribution in [0, 0.1) is 10.1 Å². The number of nitrogens with zero attached hydrogens (tertiary/aromatic N) is 2. The van der Waals surface area contributed by atoms with Gasteiger partial charge in [-0.15, -0.1) is 0 Å². The Morgan fingerprint density at radius 3 is 2.67 bits per heavy atom. The second-order valence-corrected chi connectivity index (χ2v) is 5.00. The van der Waals surface area contributed by atoms with Crippen LogP contribution < -0.4 is 11.2 Å². The maximum atomic E-state index is 11.9. The average Bonchev–Trinajstić information content (AvgIpc) is 2.40. The minimum atomic E-state index is -0.869. The third-order valence-electron chi connectivity index (χ3n) is 2.92. The molecule has 1 aromatic carbocycles. The molecule has 0 aliphatic heterocycles. The fourth-order valence-electron chi connectivity index (χ4n) is 1.90. The zero-order valence-electron chi connectivity index (χ0n) is 10.8. The summed E-state index contributed by atoms with van der Waals surface area (Å²) in [5.41, 5.74) is -1.70. The predicted molar refractivity (Wildman–Crippen MR) is 78.1 cm³/mol. The Morgan fingerprint density at radius 2 is 2.10 bits per heavy atom. The third kappa shape index (κ3) is 2.59. The number of nitro groups is 1. The number of benzene rings is 1. The molecule has 0 aliphatic carbocycles. The fourth-order valence-corrected chi connectivity index (χ4v) is 2.29. The molecule has 9 heteroatoms. The van der Waals surface area contributed by atoms with Gasteiger partial charge in [-0.2, -0.15) is 0 Å². The van der Waals surface area contributed by atoms with E-state index in [-0.39, 0.29) is 27.8 Å². The topological polar surface area (TPSA) is 118 Å². The number of aromatic nitrogens is 2. The molecule has 0 saturated carbocycles. The Hall–Kier alpha value is -2.42. The van der Waals surface area contributed by atoms with E-state index < -0.39 is 22.1 Å². The normalized spacial score (nSPS) is 10.6. The summed E-state index contributed by atoms with van der Waals surface area (Å²) in [6.45, 7) is 1.64. The lowest BCUT2D eigenvalue weighted by Gasteiger charge is -2.10. The molecule has 0 bridgehead atoms. The SMILES string of the molecule is CCc1c(O)n(-c2ccc(Br)c([N+](=O)[O-])c2)c(=O)[nH]c1=O. The van der Waals surface area contributed by atoms with Crippen LogP contribution in [0.15, 0.2) is 32.3 Å². The van der Waals surface area contributed by atoms with Crippen molar-refractivity contribution in [2.75, 3.05) is 0 Å². The van der Waals surface area contributed by atoms with Crippen LogP contribution in [-0.4, -0.2) is 19.6 Å². The maximum Gasteiger partial charge on any atom is 0.335 e. The van der Waals surface area contributed by atoms with Gasteiger partial charge in [-0.25, -0.2) is 9.36 Å². The van der Waals surface area contributed by atoms with Gasteiger partial charge in [-0.05, 0) is 34.5 Å². The lowest BCUT2D eigenvalue weighted by Crippen LogP contribution is -2.31. The second kappa shape index (κ2) is 5.52. The summed E-state index contributed by atoms with van der Waals surface area (Å²) in [4.78, 5) is 35.8. The minimum Gasteiger partial charge on any atom is -0.494 e. The fraction of sp³-hybridized carbons (Fsp3) is 0.167. The molecule has 0 atom stereocenters. The van der Waals surface area contributed by atoms with Gasteiger partial charge >= 0.3 is 5.69 Å². The van der Waals surface area contributed by atoms with E-state index in [1.54, 1.807) is 6.92 Å². The Bertz CT molecular complexity index is 840. The van der Waals surface area contributed by atoms with Gasteiger partial charge in [0.2, 0.25) is 5.88 Å². The van der Waals surface area contributed by atoms with Crippen molar-refractivity contribution in [2.24, 2.45) is 0 Å². The molecule has 0 amide bonds. The first kappa shape index (κ1) is 15.0. The summed E-state index contributed by atoms with van der Waals surface area (Å²) in [7, 11) is 0. The third-order valence-corrected chi connectivity index (χ3v) is 3.59. The Kier molecular flexibility index (Phi) is 3.94. The lowest BCUT2D eigenvalue weighted by atomic mass is 10.2. The smallest absolute Gasteiger partial charge is 0.335 e. The van der Waals surface area contributed by atoms with Gasteiger partial charge in [-0.1, -0.05) is 6.92 Å². The molecule has 8 nitrogen and oxygen atoms in total. The minimum absolute atomic E-state index is 0.0279. The zero-order chi connectivity index (χ0) is 15.7. The molecule has 1 heterocycles. The highest BCUT2D eigenvalue weighted by atomic mass is 79.9. The van der Waals surface area contributed by atoms with E-state index in [1.165, 1.54) is 12.1 Å². The highest BCUT2D eigenvalue weighted by Crippen LogP contribution is 2.28. The summed E-state index contributed by atoms with van der Waals surface area (Å²) in [6.07, 6.45) is 0.208. The molecule has 1 aromatic heterocycles. The lowest BCUT2D eigenvalue weighted by molar-refractivity contribution is -0.385. The van der Waals surface area contributed by atoms with E-state index in [0.717, 1.165) is 10.6 Å². The molecular formula is C12H10BrN3O5. The largest absolute Gasteiger partial charge is 0.494 e. The van der Waals surface area contributed by atoms with E-state index in [9.17, 15) is 24.8 Å². The standard InChI is InChI=1S/C12H10BrN3O5/c1-2-7-10(17)14-12(19)15(11(7)18)6-3-4-8(13)9(5-6)16(20)21/h3-5,18H,2H2,1H3,(H,14,17,19). The number of aromatic amines is 1. The molecule has 21 heavy (non-hydrogen) atoms. The summed E-state index contributed by atoms with van der Waals surface area (Å²) < 4.78 is 1.06. The molecule has 0 unspecified atom stereocenters. The first-order valence-corrected chi connectivity index (χ1v) is 6.67. The van der Waals surface area contributed by atoms with E-state index in [2.05, 4.69) is 20.9 Å². The van der Waals surface area contributed by atoms with Gasteiger partial charge in [0.05, 0.1) is 20.6 Å². The van der Waals surface area contributed by atoms with Gasteiger partial charge < -0.3 is 5.11 Å². The molecule has 2 N–H and O–H groups in total. The van der Waals surface area contributed by atoms with Crippen molar-refractivity contribution in [3.63, 3.8) is 0 Å². The van der Waals surface area contributed by atoms with Gasteiger partial charge in [-0.3, -0.25) is 19.9 Å². The summed E-state index contributed by atoms with van der Waals surface area (Å²) in [6, 6.07) is 3.93. The number of hydrogen-bond donors (Lipinski definition) is 2. The maximum absolute atomic E-state index is 11.9. The van der Waals surface area contributed by atoms with E-state index >= 15 is 0 Å². The van der Waals surface area contributed by atoms with E-state index in [1.807, 2.05) is 0 Å². The molecule has 2 aromatic rings. The number of hydrogen-bond acceptors (Lipinski definition) is 5. The summed E-state index contributed by atoms with van der Waals surface area (Å²) in [5.74, 6) is -0.525. The van der Waals surface area contributed by atoms with E-state index in [4.69, 9.17) is 0 Å². The van der Waals surface area contributed by atoms with Gasteiger partial charge in [0.15, 0.2) is 0 Å². The van der Waals surface area contributed by atoms with Crippen LogP contribution in [0.5, 0.6) is 5.88 Å². The molecular weight excluding hydrogens is 346 g/mol. The molecule has 0 saturated heterocycles. The molecule has 110 valence electrons. The summed E-state index contributed by atoms with van der Waals surface area (Å²) in [5, 5.41) is 21.0. The molecule has 0 aliphatic rings. The zero-order valence-corrected chi connectivity index (χ0v) is 12.4. The first-order valence-electron chi connectivity index (χ1n) is 5.88. The van der Waals surface area contributed by atoms with Crippen molar-refractivity contribution in [1.29, 1.82) is 0 Å². The van der Waals surface area contributed by atoms with Crippen molar-refractivity contribution < 1.29 is 10.0 Å². The van der Waals surface area contributed by atoms with Gasteiger partial charge in [0.1, 0.15) is 0 Å². The number of H-pyrrole nitrogens is 1. The van der Waals surface area contributed by atoms with Crippen molar-refractivity contribution in [3.8, 4) is 11.6 Å². The van der Waals surface area contributed by atoms with E-state index in [0.29, 0.717) is 0 Å². The van der Waals surface area contributed by atoms with Crippen LogP contribution in [0.25, 0.3) is 5.69 Å². The Labute approximate surface area is 126 Å². The highest BCUT2D eigenvalue weighted by Gasteiger charge is 2.18. The molecule has 0 radical (unpaired) electrons. The summed E-state index contributed by atoms with van der Waals surface area (Å²) >= 11 is 3.03. The number of halogens is 1. The van der Waals surface area contributed by atoms with Crippen LogP contribution in [-0.2, 0) is 6.42 Å². The quantitative estimate of drug-likeness (QED) is 0.638. The molecule has 2 rings (SSSR count). The van der Waals surface area contributed by atoms with Crippen LogP contribution in [0.4, 0.5) is 5.69 Å². The van der Waals surface area contributed by atoms with Crippen LogP contribution >= 0.6 is 15.9 Å². The number of nitro benzene ring substituents is 1. The highest BCUT2D eigenvalue weighted by molar-refractivity contribution is 9.10. The number of rotatable bonds is 3. The van der Waals surface area contributed by atoms with Crippen molar-refractivity contribution in [3.05, 3.63) is 59.2 Å². The molecule has 0 spiro atoms. The first-order chi connectivity index (χ1) is 9.86. The van der Waals surface area contributed by atoms with Gasteiger partial charge in [0, 0.05) is 6.07 Å². The van der Waals surface area contributed by atoms with Crippen LogP contribution in [0.2, 0.25) is 0 Å². The van der Waals surface area contributed by atoms with Crippen LogP contribution in [0.3, 0.4) is 0 Å². The van der Waals surface area contributed by atoms with Crippen molar-refractivity contribution >= 4 is 21.6 Å². The van der Waals surface area contributed by atoms with Gasteiger partial charge in [0.25, 0.3) is 11.2 Å². The number of nitrogens with one attached hydrogen (secondary N) is 1. The Morgan fingerprint density at radius 1 is 1.43 bits per heavy atom. The monoisotopic (exact) mass is 355 g/mol. The van der Waals surface area contributed by atoms with Crippen molar-refractivity contribution in [1.82, 2.24) is 9.55 Å². The number of aromatic hydroxyl groups is 1. The van der Waals surface area contributed by atoms with Crippen molar-refractivity contribution in [2.45, 2.75) is 13.3 Å². The second-order valence-electron chi connectivity index (χ2n) is 4.14. The average molecular weight is 356 g/mol. The predicted octanol–water partition coefficient (Wildman–Crippen LogP) is 1.46.